The summed E-state index contributed by atoms with van der Waals surface area (Å²) in [4.78, 5) is 16.1. The van der Waals surface area contributed by atoms with Crippen molar-refractivity contribution >= 4 is 10.9 Å². The lowest BCUT2D eigenvalue weighted by Crippen LogP contribution is -2.36. The van der Waals surface area contributed by atoms with Crippen molar-refractivity contribution in [3.8, 4) is 11.1 Å². The summed E-state index contributed by atoms with van der Waals surface area (Å²) < 4.78 is 20.0. The van der Waals surface area contributed by atoms with Gasteiger partial charge in [-0.1, -0.05) is 30.3 Å². The van der Waals surface area contributed by atoms with E-state index in [4.69, 9.17) is 0 Å². The third-order valence-corrected chi connectivity index (χ3v) is 7.39. The molecule has 1 aliphatic rings. The first kappa shape index (κ1) is 23.4. The molecule has 5 aromatic rings. The molecule has 0 unspecified atom stereocenters. The quantitative estimate of drug-likeness (QED) is 0.336. The zero-order valence-electron chi connectivity index (χ0n) is 21.2. The molecule has 4 heterocycles. The lowest BCUT2D eigenvalue weighted by Gasteiger charge is -2.31. The van der Waals surface area contributed by atoms with Crippen LogP contribution in [0, 0.1) is 12.7 Å². The van der Waals surface area contributed by atoms with E-state index in [9.17, 15) is 9.18 Å². The van der Waals surface area contributed by atoms with Crippen LogP contribution in [0.2, 0.25) is 0 Å². The molecular formula is C30H30FN5O. The Morgan fingerprint density at radius 3 is 2.70 bits per heavy atom. The Kier molecular flexibility index (Phi) is 6.00. The van der Waals surface area contributed by atoms with Crippen LogP contribution in [0.5, 0.6) is 0 Å². The second-order valence-corrected chi connectivity index (χ2v) is 9.96. The molecule has 0 saturated heterocycles. The number of pyridine rings is 1. The topological polar surface area (TPSA) is 48.0 Å². The van der Waals surface area contributed by atoms with Crippen LogP contribution >= 0.6 is 0 Å². The van der Waals surface area contributed by atoms with E-state index in [1.54, 1.807) is 6.07 Å². The molecule has 6 nitrogen and oxygen atoms in total. The fourth-order valence-corrected chi connectivity index (χ4v) is 5.59. The van der Waals surface area contributed by atoms with E-state index in [0.717, 1.165) is 43.0 Å². The normalized spacial score (nSPS) is 13.8. The van der Waals surface area contributed by atoms with Crippen molar-refractivity contribution in [3.63, 3.8) is 0 Å². The van der Waals surface area contributed by atoms with Gasteiger partial charge in [0, 0.05) is 74.2 Å². The van der Waals surface area contributed by atoms with Crippen LogP contribution < -0.4 is 5.56 Å². The summed E-state index contributed by atoms with van der Waals surface area (Å²) in [6.07, 6.45) is 4.94. The molecule has 0 aliphatic carbocycles. The van der Waals surface area contributed by atoms with E-state index in [1.807, 2.05) is 40.6 Å². The van der Waals surface area contributed by atoms with Gasteiger partial charge in [-0.25, -0.2) is 4.39 Å². The third-order valence-electron chi connectivity index (χ3n) is 7.39. The van der Waals surface area contributed by atoms with Crippen molar-refractivity contribution < 1.29 is 4.39 Å². The van der Waals surface area contributed by atoms with Gasteiger partial charge in [-0.3, -0.25) is 14.4 Å². The number of benzene rings is 2. The lowest BCUT2D eigenvalue weighted by atomic mass is 9.98. The molecule has 6 rings (SSSR count). The Balaban J connectivity index is 1.36. The molecule has 0 saturated carbocycles. The van der Waals surface area contributed by atoms with Gasteiger partial charge in [0.15, 0.2) is 0 Å². The van der Waals surface area contributed by atoms with Gasteiger partial charge in [0.25, 0.3) is 5.56 Å². The molecule has 0 amide bonds. The van der Waals surface area contributed by atoms with E-state index in [0.29, 0.717) is 24.2 Å². The number of aromatic nitrogens is 4. The molecule has 188 valence electrons. The van der Waals surface area contributed by atoms with Crippen molar-refractivity contribution in [1.82, 2.24) is 23.8 Å². The Morgan fingerprint density at radius 1 is 1.03 bits per heavy atom. The Morgan fingerprint density at radius 2 is 1.89 bits per heavy atom. The highest BCUT2D eigenvalue weighted by atomic mass is 19.1. The van der Waals surface area contributed by atoms with E-state index in [2.05, 4.69) is 52.1 Å². The van der Waals surface area contributed by atoms with E-state index >= 15 is 0 Å². The van der Waals surface area contributed by atoms with Gasteiger partial charge in [-0.15, -0.1) is 0 Å². The zero-order valence-corrected chi connectivity index (χ0v) is 21.2. The Bertz CT molecular complexity index is 1660. The second kappa shape index (κ2) is 9.48. The fraction of sp³-hybridized carbons (Fsp3) is 0.267. The zero-order chi connectivity index (χ0) is 25.5. The number of fused-ring (bicyclic) bond motifs is 2. The van der Waals surface area contributed by atoms with Crippen molar-refractivity contribution in [2.75, 3.05) is 6.54 Å². The number of hydrogen-bond acceptors (Lipinski definition) is 3. The average molecular weight is 496 g/mol. The first-order valence-electron chi connectivity index (χ1n) is 12.7. The van der Waals surface area contributed by atoms with Gasteiger partial charge in [0.2, 0.25) is 0 Å². The van der Waals surface area contributed by atoms with Crippen molar-refractivity contribution in [3.05, 3.63) is 112 Å². The van der Waals surface area contributed by atoms with Crippen LogP contribution in [0.15, 0.2) is 77.9 Å². The highest BCUT2D eigenvalue weighted by molar-refractivity contribution is 5.83. The second-order valence-electron chi connectivity index (χ2n) is 9.96. The van der Waals surface area contributed by atoms with Gasteiger partial charge in [-0.05, 0) is 53.9 Å². The number of aryl methyl sites for hydroxylation is 3. The van der Waals surface area contributed by atoms with Gasteiger partial charge < -0.3 is 9.13 Å². The molecule has 2 aromatic carbocycles. The first-order valence-corrected chi connectivity index (χ1v) is 12.7. The molecule has 37 heavy (non-hydrogen) atoms. The van der Waals surface area contributed by atoms with Gasteiger partial charge in [0.05, 0.1) is 12.2 Å². The average Bonchev–Trinajstić information content (AvgIpc) is 3.45. The fourth-order valence-electron chi connectivity index (χ4n) is 5.59. The minimum atomic E-state index is -0.342. The summed E-state index contributed by atoms with van der Waals surface area (Å²) in [6.45, 7) is 5.53. The standard InChI is InChI=1S/C30H30FN5O/c1-21-10-13-35(32-21)14-15-36-28-11-12-34(20-24-18-33(2)29-9-4-3-8-26(24)29)19-23(28)17-27(30(36)37)22-6-5-7-25(31)16-22/h3-10,13,16-18H,11-12,14-15,19-20H2,1-2H3. The number of rotatable bonds is 6. The maximum Gasteiger partial charge on any atom is 0.258 e. The number of hydrogen-bond donors (Lipinski definition) is 0. The van der Waals surface area contributed by atoms with Gasteiger partial charge in [0.1, 0.15) is 5.82 Å². The van der Waals surface area contributed by atoms with Crippen molar-refractivity contribution in [1.29, 1.82) is 0 Å². The SMILES string of the molecule is Cc1ccn(CCn2c3c(cc(-c4cccc(F)c4)c2=O)CN(Cc2cn(C)c4ccccc24)CC3)n1. The van der Waals surface area contributed by atoms with Crippen LogP contribution in [-0.4, -0.2) is 30.4 Å². The summed E-state index contributed by atoms with van der Waals surface area (Å²) in [5.41, 5.74) is 6.76. The lowest BCUT2D eigenvalue weighted by molar-refractivity contribution is 0.240. The van der Waals surface area contributed by atoms with E-state index < -0.39 is 0 Å². The van der Waals surface area contributed by atoms with Crippen LogP contribution in [-0.2, 0) is 39.6 Å². The minimum absolute atomic E-state index is 0.0734. The number of nitrogens with zero attached hydrogens (tertiary/aromatic N) is 5. The summed E-state index contributed by atoms with van der Waals surface area (Å²) >= 11 is 0. The number of halogens is 1. The minimum Gasteiger partial charge on any atom is -0.350 e. The highest BCUT2D eigenvalue weighted by Crippen LogP contribution is 2.27. The smallest absolute Gasteiger partial charge is 0.258 e. The summed E-state index contributed by atoms with van der Waals surface area (Å²) in [7, 11) is 2.09. The van der Waals surface area contributed by atoms with Crippen LogP contribution in [0.25, 0.3) is 22.0 Å². The summed E-state index contributed by atoms with van der Waals surface area (Å²) in [5.74, 6) is -0.342. The van der Waals surface area contributed by atoms with Crippen molar-refractivity contribution in [2.24, 2.45) is 7.05 Å². The van der Waals surface area contributed by atoms with Crippen molar-refractivity contribution in [2.45, 2.75) is 39.5 Å². The molecule has 0 N–H and O–H groups in total. The van der Waals surface area contributed by atoms with Crippen LogP contribution in [0.1, 0.15) is 22.5 Å². The molecule has 1 aliphatic heterocycles. The predicted molar refractivity (Wildman–Crippen MR) is 144 cm³/mol. The molecule has 7 heteroatoms. The molecule has 0 radical (unpaired) electrons. The Hall–Kier alpha value is -3.97. The maximum atomic E-state index is 14.1. The summed E-state index contributed by atoms with van der Waals surface area (Å²) in [6, 6.07) is 18.8. The molecule has 0 fully saturated rings. The Labute approximate surface area is 215 Å². The monoisotopic (exact) mass is 495 g/mol. The molecule has 0 spiro atoms. The first-order chi connectivity index (χ1) is 18.0. The molecular weight excluding hydrogens is 465 g/mol. The maximum absolute atomic E-state index is 14.1. The highest BCUT2D eigenvalue weighted by Gasteiger charge is 2.23. The number of para-hydroxylation sites is 1. The van der Waals surface area contributed by atoms with E-state index in [1.165, 1.54) is 28.6 Å². The molecule has 0 bridgehead atoms. The molecule has 0 atom stereocenters. The predicted octanol–water partition coefficient (Wildman–Crippen LogP) is 4.91. The van der Waals surface area contributed by atoms with E-state index in [-0.39, 0.29) is 11.4 Å². The van der Waals surface area contributed by atoms with Crippen LogP contribution in [0.4, 0.5) is 4.39 Å². The third kappa shape index (κ3) is 4.51. The molecule has 3 aromatic heterocycles. The summed E-state index contributed by atoms with van der Waals surface area (Å²) in [5, 5.41) is 5.76. The van der Waals surface area contributed by atoms with Gasteiger partial charge in [-0.2, -0.15) is 5.10 Å². The van der Waals surface area contributed by atoms with Crippen LogP contribution in [0.3, 0.4) is 0 Å². The largest absolute Gasteiger partial charge is 0.350 e. The van der Waals surface area contributed by atoms with Gasteiger partial charge >= 0.3 is 0 Å².